The summed E-state index contributed by atoms with van der Waals surface area (Å²) < 4.78 is 14.7. The van der Waals surface area contributed by atoms with Gasteiger partial charge in [-0.05, 0) is 59.7 Å². The van der Waals surface area contributed by atoms with E-state index in [9.17, 15) is 4.57 Å². The van der Waals surface area contributed by atoms with Crippen molar-refractivity contribution in [3.8, 4) is 22.4 Å². The monoisotopic (exact) mass is 598 g/mol. The highest BCUT2D eigenvalue weighted by Gasteiger charge is 2.29. The Morgan fingerprint density at radius 2 is 0.822 bits per heavy atom. The highest BCUT2D eigenvalue weighted by molar-refractivity contribution is 7.85. The number of hydrogen-bond acceptors (Lipinski definition) is 3. The number of rotatable bonds is 8. The van der Waals surface area contributed by atoms with Gasteiger partial charge in [-0.2, -0.15) is 0 Å². The molecule has 3 nitrogen and oxygen atoms in total. The van der Waals surface area contributed by atoms with Crippen LogP contribution in [0.25, 0.3) is 22.4 Å². The van der Waals surface area contributed by atoms with E-state index in [1.54, 1.807) is 0 Å². The molecule has 0 radical (unpaired) electrons. The highest BCUT2D eigenvalue weighted by atomic mass is 31.2. The van der Waals surface area contributed by atoms with Crippen LogP contribution in [0.3, 0.4) is 0 Å². The summed E-state index contributed by atoms with van der Waals surface area (Å²) >= 11 is 0. The number of aromatic nitrogens is 1. The zero-order chi connectivity index (χ0) is 30.5. The average molecular weight is 599 g/mol. The Balaban J connectivity index is 1.19. The van der Waals surface area contributed by atoms with Gasteiger partial charge in [-0.1, -0.05) is 133 Å². The smallest absolute Gasteiger partial charge is 0.171 e. The SMILES string of the molecule is O=P(c1ccccc1)(c1ccccc1)c1ccc(-c2cc(-c3ccc(N(c4ccccc4)c4ccccc4)cc3)ccn2)cc1. The second kappa shape index (κ2) is 12.6. The fraction of sp³-hybridized carbons (Fsp3) is 0. The summed E-state index contributed by atoms with van der Waals surface area (Å²) in [4.78, 5) is 6.95. The van der Waals surface area contributed by atoms with Crippen molar-refractivity contribution in [2.45, 2.75) is 0 Å². The molecule has 216 valence electrons. The van der Waals surface area contributed by atoms with Gasteiger partial charge in [0, 0.05) is 44.7 Å². The predicted octanol–water partition coefficient (Wildman–Crippen LogP) is 9.52. The fourth-order valence-electron chi connectivity index (χ4n) is 5.74. The van der Waals surface area contributed by atoms with E-state index >= 15 is 0 Å². The van der Waals surface area contributed by atoms with Crippen LogP contribution in [0.2, 0.25) is 0 Å². The van der Waals surface area contributed by atoms with Crippen LogP contribution in [-0.4, -0.2) is 4.98 Å². The van der Waals surface area contributed by atoms with Crippen LogP contribution < -0.4 is 20.8 Å². The summed E-state index contributed by atoms with van der Waals surface area (Å²) in [5, 5.41) is 2.45. The first-order valence-corrected chi connectivity index (χ1v) is 16.7. The van der Waals surface area contributed by atoms with Crippen molar-refractivity contribution in [3.05, 3.63) is 188 Å². The van der Waals surface area contributed by atoms with Crippen LogP contribution >= 0.6 is 7.14 Å². The van der Waals surface area contributed by atoms with Crippen LogP contribution in [0.5, 0.6) is 0 Å². The lowest BCUT2D eigenvalue weighted by atomic mass is 10.0. The Hall–Kier alpha value is -5.50. The molecule has 0 aliphatic carbocycles. The second-order valence-electron chi connectivity index (χ2n) is 10.8. The highest BCUT2D eigenvalue weighted by Crippen LogP contribution is 2.42. The van der Waals surface area contributed by atoms with E-state index in [-0.39, 0.29) is 0 Å². The van der Waals surface area contributed by atoms with E-state index in [0.29, 0.717) is 0 Å². The normalized spacial score (nSPS) is 11.2. The third-order valence-electron chi connectivity index (χ3n) is 8.01. The van der Waals surface area contributed by atoms with Crippen molar-refractivity contribution < 1.29 is 4.57 Å². The number of nitrogens with zero attached hydrogens (tertiary/aromatic N) is 2. The molecule has 0 N–H and O–H groups in total. The third kappa shape index (κ3) is 5.74. The minimum Gasteiger partial charge on any atom is -0.311 e. The maximum Gasteiger partial charge on any atom is 0.171 e. The van der Waals surface area contributed by atoms with E-state index < -0.39 is 7.14 Å². The van der Waals surface area contributed by atoms with Gasteiger partial charge < -0.3 is 9.46 Å². The number of pyridine rings is 1. The zero-order valence-electron chi connectivity index (χ0n) is 24.6. The summed E-state index contributed by atoms with van der Waals surface area (Å²) in [5.74, 6) is 0. The third-order valence-corrected chi connectivity index (χ3v) is 11.1. The van der Waals surface area contributed by atoms with E-state index in [0.717, 1.165) is 55.4 Å². The molecule has 0 bridgehead atoms. The van der Waals surface area contributed by atoms with Crippen molar-refractivity contribution in [1.82, 2.24) is 4.98 Å². The standard InChI is InChI=1S/C41H31N2OP/c44-45(38-17-9-3-10-18-38,39-19-11-4-12-20-39)40-27-23-33(24-28-40)41-31-34(29-30-42-41)32-21-25-37(26-22-32)43(35-13-5-1-6-14-35)36-15-7-2-8-16-36/h1-31H. The molecule has 0 aliphatic heterocycles. The summed E-state index contributed by atoms with van der Waals surface area (Å²) in [6.45, 7) is 0. The molecule has 4 heteroatoms. The minimum atomic E-state index is -3.03. The summed E-state index contributed by atoms with van der Waals surface area (Å²) in [6, 6.07) is 61.2. The lowest BCUT2D eigenvalue weighted by molar-refractivity contribution is 0.592. The van der Waals surface area contributed by atoms with Gasteiger partial charge in [0.05, 0.1) is 5.69 Å². The molecule has 1 aromatic heterocycles. The van der Waals surface area contributed by atoms with Gasteiger partial charge in [0.25, 0.3) is 0 Å². The largest absolute Gasteiger partial charge is 0.311 e. The topological polar surface area (TPSA) is 33.2 Å². The second-order valence-corrected chi connectivity index (χ2v) is 13.6. The number of hydrogen-bond donors (Lipinski definition) is 0. The summed E-state index contributed by atoms with van der Waals surface area (Å²) in [6.07, 6.45) is 1.85. The maximum atomic E-state index is 14.7. The van der Waals surface area contributed by atoms with E-state index in [2.05, 4.69) is 83.8 Å². The molecule has 0 saturated carbocycles. The Morgan fingerprint density at radius 3 is 1.33 bits per heavy atom. The molecule has 7 aromatic rings. The van der Waals surface area contributed by atoms with Crippen LogP contribution in [0.4, 0.5) is 17.1 Å². The van der Waals surface area contributed by atoms with Crippen LogP contribution in [0.15, 0.2) is 188 Å². The molecule has 1 heterocycles. The van der Waals surface area contributed by atoms with Crippen molar-refractivity contribution in [2.24, 2.45) is 0 Å². The van der Waals surface area contributed by atoms with Crippen molar-refractivity contribution in [1.29, 1.82) is 0 Å². The molecule has 0 atom stereocenters. The fourth-order valence-corrected chi connectivity index (χ4v) is 8.38. The lowest BCUT2D eigenvalue weighted by Gasteiger charge is -2.25. The number of benzene rings is 6. The van der Waals surface area contributed by atoms with E-state index in [4.69, 9.17) is 4.98 Å². The molecular formula is C41H31N2OP. The van der Waals surface area contributed by atoms with E-state index in [1.165, 1.54) is 0 Å². The van der Waals surface area contributed by atoms with Gasteiger partial charge in [0.15, 0.2) is 7.14 Å². The quantitative estimate of drug-likeness (QED) is 0.163. The number of anilines is 3. The van der Waals surface area contributed by atoms with Crippen LogP contribution in [0, 0.1) is 0 Å². The molecule has 45 heavy (non-hydrogen) atoms. The predicted molar refractivity (Wildman–Crippen MR) is 189 cm³/mol. The lowest BCUT2D eigenvalue weighted by Crippen LogP contribution is -2.24. The molecule has 6 aromatic carbocycles. The molecule has 0 fully saturated rings. The van der Waals surface area contributed by atoms with Crippen LogP contribution in [0.1, 0.15) is 0 Å². The van der Waals surface area contributed by atoms with Crippen LogP contribution in [-0.2, 0) is 4.57 Å². The van der Waals surface area contributed by atoms with Gasteiger partial charge in [0.2, 0.25) is 0 Å². The van der Waals surface area contributed by atoms with Gasteiger partial charge in [0.1, 0.15) is 0 Å². The van der Waals surface area contributed by atoms with Crippen molar-refractivity contribution >= 4 is 40.1 Å². The molecule has 0 unspecified atom stereocenters. The number of para-hydroxylation sites is 2. The molecule has 7 rings (SSSR count). The average Bonchev–Trinajstić information content (AvgIpc) is 3.13. The van der Waals surface area contributed by atoms with Crippen molar-refractivity contribution in [3.63, 3.8) is 0 Å². The summed E-state index contributed by atoms with van der Waals surface area (Å²) in [7, 11) is -3.03. The molecular weight excluding hydrogens is 567 g/mol. The summed E-state index contributed by atoms with van der Waals surface area (Å²) in [5.41, 5.74) is 7.34. The van der Waals surface area contributed by atoms with Gasteiger partial charge in [-0.3, -0.25) is 4.98 Å². The van der Waals surface area contributed by atoms with Gasteiger partial charge >= 0.3 is 0 Å². The van der Waals surface area contributed by atoms with Gasteiger partial charge in [-0.25, -0.2) is 0 Å². The Kier molecular flexibility index (Phi) is 7.93. The first kappa shape index (κ1) is 28.3. The Labute approximate surface area is 264 Å². The molecule has 0 amide bonds. The molecule has 0 aliphatic rings. The minimum absolute atomic E-state index is 0.803. The Morgan fingerprint density at radius 1 is 0.400 bits per heavy atom. The zero-order valence-corrected chi connectivity index (χ0v) is 25.5. The molecule has 0 saturated heterocycles. The van der Waals surface area contributed by atoms with Gasteiger partial charge in [-0.15, -0.1) is 0 Å². The Bertz CT molecular complexity index is 1960. The molecule has 0 spiro atoms. The maximum absolute atomic E-state index is 14.7. The van der Waals surface area contributed by atoms with Crippen molar-refractivity contribution in [2.75, 3.05) is 4.90 Å². The first-order chi connectivity index (χ1) is 22.2. The van der Waals surface area contributed by atoms with E-state index in [1.807, 2.05) is 109 Å². The first-order valence-electron chi connectivity index (χ1n) is 15.0.